The van der Waals surface area contributed by atoms with E-state index >= 15 is 0 Å². The van der Waals surface area contributed by atoms with E-state index in [0.29, 0.717) is 5.92 Å². The van der Waals surface area contributed by atoms with Gasteiger partial charge in [-0.15, -0.1) is 0 Å². The third kappa shape index (κ3) is 1.72. The van der Waals surface area contributed by atoms with E-state index in [4.69, 9.17) is 16.6 Å². The molecule has 19 heavy (non-hydrogen) atoms. The minimum Gasteiger partial charge on any atom is -0.252 e. The molecule has 2 aliphatic rings. The van der Waals surface area contributed by atoms with Crippen LogP contribution in [0.25, 0.3) is 10.9 Å². The lowest BCUT2D eigenvalue weighted by atomic mass is 9.72. The van der Waals surface area contributed by atoms with Gasteiger partial charge in [0.2, 0.25) is 0 Å². The Kier molecular flexibility index (Phi) is 2.46. The molecule has 1 aromatic carbocycles. The van der Waals surface area contributed by atoms with Crippen molar-refractivity contribution in [2.24, 2.45) is 5.92 Å². The van der Waals surface area contributed by atoms with Gasteiger partial charge in [-0.3, -0.25) is 4.98 Å². The first-order chi connectivity index (χ1) is 9.22. The Morgan fingerprint density at radius 3 is 2.95 bits per heavy atom. The number of hydrogen-bond acceptors (Lipinski definition) is 1. The highest BCUT2D eigenvalue weighted by Crippen LogP contribution is 2.45. The summed E-state index contributed by atoms with van der Waals surface area (Å²) in [5, 5.41) is 2.03. The third-order valence-electron chi connectivity index (χ3n) is 4.48. The summed E-state index contributed by atoms with van der Waals surface area (Å²) in [5.74, 6) is 1.23. The van der Waals surface area contributed by atoms with Crippen LogP contribution in [0.1, 0.15) is 36.9 Å². The minimum absolute atomic E-state index is 0.476. The number of para-hydroxylation sites is 1. The molecule has 0 aliphatic heterocycles. The predicted molar refractivity (Wildman–Crippen MR) is 79.7 cm³/mol. The lowest BCUT2D eigenvalue weighted by Crippen LogP contribution is -2.23. The monoisotopic (exact) mass is 269 g/mol. The standard InChI is InChI=1S/C17H16ClN/c1-10-6-11-8-12(7-10)17-14(9-11)16(18)13-4-2-3-5-15(13)19-17/h2-5,7,11-12H,6,8-9H2,1H3. The molecule has 0 spiro atoms. The van der Waals surface area contributed by atoms with Crippen molar-refractivity contribution in [1.29, 1.82) is 0 Å². The zero-order valence-electron chi connectivity index (χ0n) is 11.0. The molecule has 4 rings (SSSR count). The number of aromatic nitrogens is 1. The van der Waals surface area contributed by atoms with Crippen LogP contribution in [-0.4, -0.2) is 4.98 Å². The fourth-order valence-corrected chi connectivity index (χ4v) is 4.08. The molecule has 2 aliphatic carbocycles. The molecule has 0 fully saturated rings. The van der Waals surface area contributed by atoms with Gasteiger partial charge in [0.1, 0.15) is 0 Å². The number of nitrogens with zero attached hydrogens (tertiary/aromatic N) is 1. The first-order valence-electron chi connectivity index (χ1n) is 6.96. The second-order valence-electron chi connectivity index (χ2n) is 5.94. The number of halogens is 1. The van der Waals surface area contributed by atoms with Crippen LogP contribution in [0.3, 0.4) is 0 Å². The van der Waals surface area contributed by atoms with Gasteiger partial charge < -0.3 is 0 Å². The average molecular weight is 270 g/mol. The van der Waals surface area contributed by atoms with Crippen LogP contribution in [-0.2, 0) is 6.42 Å². The van der Waals surface area contributed by atoms with E-state index in [2.05, 4.69) is 25.1 Å². The number of allylic oxidation sites excluding steroid dienone is 2. The molecule has 2 atom stereocenters. The second-order valence-corrected chi connectivity index (χ2v) is 6.31. The van der Waals surface area contributed by atoms with Crippen molar-refractivity contribution in [2.75, 3.05) is 0 Å². The van der Waals surface area contributed by atoms with E-state index in [1.54, 1.807) is 0 Å². The van der Waals surface area contributed by atoms with Crippen LogP contribution in [0, 0.1) is 5.92 Å². The van der Waals surface area contributed by atoms with E-state index < -0.39 is 0 Å². The molecule has 0 amide bonds. The largest absolute Gasteiger partial charge is 0.252 e. The minimum atomic E-state index is 0.476. The smallest absolute Gasteiger partial charge is 0.0720 e. The zero-order chi connectivity index (χ0) is 13.0. The number of hydrogen-bond donors (Lipinski definition) is 0. The van der Waals surface area contributed by atoms with Gasteiger partial charge in [-0.25, -0.2) is 0 Å². The molecule has 2 heteroatoms. The summed E-state index contributed by atoms with van der Waals surface area (Å²) >= 11 is 6.65. The van der Waals surface area contributed by atoms with Gasteiger partial charge in [-0.2, -0.15) is 0 Å². The van der Waals surface area contributed by atoms with E-state index in [1.807, 2.05) is 12.1 Å². The Labute approximate surface area is 118 Å². The Hall–Kier alpha value is -1.34. The summed E-state index contributed by atoms with van der Waals surface area (Å²) in [4.78, 5) is 4.90. The number of benzene rings is 1. The summed E-state index contributed by atoms with van der Waals surface area (Å²) in [5.41, 5.74) is 5.06. The van der Waals surface area contributed by atoms with Gasteiger partial charge in [-0.05, 0) is 43.7 Å². The molecule has 2 aromatic rings. The molecule has 1 nitrogen and oxygen atoms in total. The average Bonchev–Trinajstić information content (AvgIpc) is 2.40. The molecular weight excluding hydrogens is 254 g/mol. The summed E-state index contributed by atoms with van der Waals surface area (Å²) in [6, 6.07) is 8.21. The van der Waals surface area contributed by atoms with Gasteiger partial charge in [0, 0.05) is 11.3 Å². The summed E-state index contributed by atoms with van der Waals surface area (Å²) < 4.78 is 0. The quantitative estimate of drug-likeness (QED) is 0.621. The van der Waals surface area contributed by atoms with Crippen LogP contribution in [0.5, 0.6) is 0 Å². The SMILES string of the molecule is CC1=CC2CC(C1)Cc1c2nc2ccccc2c1Cl. The highest BCUT2D eigenvalue weighted by Gasteiger charge is 2.32. The zero-order valence-corrected chi connectivity index (χ0v) is 11.7. The van der Waals surface area contributed by atoms with Crippen molar-refractivity contribution in [3.63, 3.8) is 0 Å². The van der Waals surface area contributed by atoms with Gasteiger partial charge >= 0.3 is 0 Å². The second kappa shape index (κ2) is 4.08. The fraction of sp³-hybridized carbons (Fsp3) is 0.353. The van der Waals surface area contributed by atoms with Crippen LogP contribution in [0.15, 0.2) is 35.9 Å². The van der Waals surface area contributed by atoms with Crippen molar-refractivity contribution >= 4 is 22.5 Å². The summed E-state index contributed by atoms with van der Waals surface area (Å²) in [6.07, 6.45) is 5.95. The first-order valence-corrected chi connectivity index (χ1v) is 7.34. The van der Waals surface area contributed by atoms with E-state index in [0.717, 1.165) is 28.3 Å². The van der Waals surface area contributed by atoms with Crippen LogP contribution < -0.4 is 0 Å². The van der Waals surface area contributed by atoms with Crippen molar-refractivity contribution in [2.45, 2.75) is 32.1 Å². The molecule has 0 saturated carbocycles. The summed E-state index contributed by atoms with van der Waals surface area (Å²) in [6.45, 7) is 2.24. The molecule has 0 radical (unpaired) electrons. The maximum atomic E-state index is 6.65. The van der Waals surface area contributed by atoms with Gasteiger partial charge in [0.05, 0.1) is 16.2 Å². The highest BCUT2D eigenvalue weighted by atomic mass is 35.5. The number of pyridine rings is 1. The molecule has 2 bridgehead atoms. The van der Waals surface area contributed by atoms with Crippen LogP contribution in [0.2, 0.25) is 5.02 Å². The Bertz CT molecular complexity index is 702. The number of fused-ring (bicyclic) bond motifs is 5. The van der Waals surface area contributed by atoms with E-state index in [-0.39, 0.29) is 0 Å². The van der Waals surface area contributed by atoms with Gasteiger partial charge in [-0.1, -0.05) is 41.4 Å². The third-order valence-corrected chi connectivity index (χ3v) is 4.91. The molecule has 2 unspecified atom stereocenters. The molecule has 96 valence electrons. The first kappa shape index (κ1) is 11.5. The Morgan fingerprint density at radius 1 is 1.21 bits per heavy atom. The van der Waals surface area contributed by atoms with Crippen molar-refractivity contribution in [3.8, 4) is 0 Å². The Balaban J connectivity index is 2.01. The van der Waals surface area contributed by atoms with Crippen molar-refractivity contribution in [3.05, 3.63) is 52.2 Å². The van der Waals surface area contributed by atoms with E-state index in [9.17, 15) is 0 Å². The lowest BCUT2D eigenvalue weighted by Gasteiger charge is -2.34. The molecule has 1 heterocycles. The molecular formula is C17H16ClN. The lowest BCUT2D eigenvalue weighted by molar-refractivity contribution is 0.403. The molecule has 0 saturated heterocycles. The Morgan fingerprint density at radius 2 is 2.05 bits per heavy atom. The van der Waals surface area contributed by atoms with E-state index in [1.165, 1.54) is 29.7 Å². The molecule has 0 N–H and O–H groups in total. The van der Waals surface area contributed by atoms with Crippen molar-refractivity contribution in [1.82, 2.24) is 4.98 Å². The number of rotatable bonds is 0. The maximum Gasteiger partial charge on any atom is 0.0720 e. The topological polar surface area (TPSA) is 12.9 Å². The predicted octanol–water partition coefficient (Wildman–Crippen LogP) is 4.88. The van der Waals surface area contributed by atoms with Crippen LogP contribution in [0.4, 0.5) is 0 Å². The van der Waals surface area contributed by atoms with Gasteiger partial charge in [0.25, 0.3) is 0 Å². The summed E-state index contributed by atoms with van der Waals surface area (Å²) in [7, 11) is 0. The fourth-order valence-electron chi connectivity index (χ4n) is 3.74. The van der Waals surface area contributed by atoms with Gasteiger partial charge in [0.15, 0.2) is 0 Å². The van der Waals surface area contributed by atoms with Crippen molar-refractivity contribution < 1.29 is 0 Å². The maximum absolute atomic E-state index is 6.65. The normalized spacial score (nSPS) is 25.1. The highest BCUT2D eigenvalue weighted by molar-refractivity contribution is 6.36. The molecule has 1 aromatic heterocycles. The van der Waals surface area contributed by atoms with Crippen LogP contribution >= 0.6 is 11.6 Å².